The fourth-order valence-electron chi connectivity index (χ4n) is 1.74. The number of carbonyl (C=O) groups is 1. The second-order valence-corrected chi connectivity index (χ2v) is 4.88. The Balaban J connectivity index is 2.56. The van der Waals surface area contributed by atoms with E-state index in [-0.39, 0.29) is 12.1 Å². The summed E-state index contributed by atoms with van der Waals surface area (Å²) in [7, 11) is 0. The number of nitrogens with zero attached hydrogens (tertiary/aromatic N) is 1. The predicted octanol–water partition coefficient (Wildman–Crippen LogP) is 2.41. The van der Waals surface area contributed by atoms with Crippen molar-refractivity contribution < 1.29 is 9.53 Å². The van der Waals surface area contributed by atoms with Gasteiger partial charge in [-0.3, -0.25) is 0 Å². The minimum Gasteiger partial charge on any atom is -0.444 e. The maximum absolute atomic E-state index is 11.8. The first kappa shape index (κ1) is 11.9. The van der Waals surface area contributed by atoms with Crippen LogP contribution in [0.1, 0.15) is 40.0 Å². The van der Waals surface area contributed by atoms with E-state index in [0.29, 0.717) is 6.42 Å². The monoisotopic (exact) mass is 209 g/mol. The second kappa shape index (κ2) is 4.57. The quantitative estimate of drug-likeness (QED) is 0.621. The van der Waals surface area contributed by atoms with Crippen LogP contribution in [0.5, 0.6) is 0 Å². The third-order valence-electron chi connectivity index (χ3n) is 2.36. The van der Waals surface area contributed by atoms with Crippen LogP contribution in [0.2, 0.25) is 0 Å². The fraction of sp³-hybridized carbons (Fsp3) is 0.750. The number of carbonyl (C=O) groups excluding carboxylic acids is 1. The molecule has 0 aromatic heterocycles. The van der Waals surface area contributed by atoms with Gasteiger partial charge in [0.1, 0.15) is 5.60 Å². The minimum absolute atomic E-state index is 0.171. The van der Waals surface area contributed by atoms with Crippen molar-refractivity contribution in [2.24, 2.45) is 0 Å². The lowest BCUT2D eigenvalue weighted by Crippen LogP contribution is -2.39. The highest BCUT2D eigenvalue weighted by molar-refractivity contribution is 5.69. The minimum atomic E-state index is -0.430. The second-order valence-electron chi connectivity index (χ2n) is 4.88. The summed E-state index contributed by atoms with van der Waals surface area (Å²) in [5.74, 6) is 2.61. The van der Waals surface area contributed by atoms with E-state index in [9.17, 15) is 4.79 Å². The van der Waals surface area contributed by atoms with E-state index in [2.05, 4.69) is 5.92 Å². The summed E-state index contributed by atoms with van der Waals surface area (Å²) in [4.78, 5) is 13.5. The Morgan fingerprint density at radius 3 is 2.80 bits per heavy atom. The van der Waals surface area contributed by atoms with Crippen LogP contribution in [-0.4, -0.2) is 29.2 Å². The molecule has 1 rings (SSSR count). The van der Waals surface area contributed by atoms with E-state index in [1.165, 1.54) is 0 Å². The molecule has 1 amide bonds. The summed E-state index contributed by atoms with van der Waals surface area (Å²) in [6, 6.07) is 0.171. The van der Waals surface area contributed by atoms with Gasteiger partial charge in [-0.15, -0.1) is 12.3 Å². The lowest BCUT2D eigenvalue weighted by molar-refractivity contribution is 0.0230. The lowest BCUT2D eigenvalue weighted by atomic mass is 10.1. The molecule has 0 saturated carbocycles. The van der Waals surface area contributed by atoms with Crippen LogP contribution in [0.4, 0.5) is 4.79 Å². The zero-order valence-corrected chi connectivity index (χ0v) is 9.75. The molecule has 0 N–H and O–H groups in total. The number of hydrogen-bond acceptors (Lipinski definition) is 2. The molecule has 1 fully saturated rings. The Morgan fingerprint density at radius 1 is 1.60 bits per heavy atom. The van der Waals surface area contributed by atoms with Crippen LogP contribution in [-0.2, 0) is 4.74 Å². The van der Waals surface area contributed by atoms with Crippen LogP contribution < -0.4 is 0 Å². The van der Waals surface area contributed by atoms with Crippen molar-refractivity contribution in [2.45, 2.75) is 51.7 Å². The van der Waals surface area contributed by atoms with Gasteiger partial charge in [-0.1, -0.05) is 0 Å². The first-order valence-corrected chi connectivity index (χ1v) is 5.37. The molecule has 0 aromatic carbocycles. The third kappa shape index (κ3) is 3.47. The summed E-state index contributed by atoms with van der Waals surface area (Å²) in [5.41, 5.74) is -0.430. The molecule has 1 atom stereocenters. The van der Waals surface area contributed by atoms with E-state index in [1.54, 1.807) is 4.90 Å². The van der Waals surface area contributed by atoms with Gasteiger partial charge in [0, 0.05) is 19.0 Å². The zero-order valence-electron chi connectivity index (χ0n) is 9.75. The van der Waals surface area contributed by atoms with Crippen molar-refractivity contribution in [1.29, 1.82) is 0 Å². The van der Waals surface area contributed by atoms with Gasteiger partial charge in [-0.25, -0.2) is 4.79 Å². The van der Waals surface area contributed by atoms with E-state index < -0.39 is 5.60 Å². The van der Waals surface area contributed by atoms with Crippen LogP contribution in [0.25, 0.3) is 0 Å². The van der Waals surface area contributed by atoms with E-state index in [0.717, 1.165) is 19.4 Å². The highest BCUT2D eigenvalue weighted by Crippen LogP contribution is 2.22. The van der Waals surface area contributed by atoms with Crippen molar-refractivity contribution in [1.82, 2.24) is 4.90 Å². The van der Waals surface area contributed by atoms with E-state index in [1.807, 2.05) is 20.8 Å². The molecule has 0 radical (unpaired) electrons. The van der Waals surface area contributed by atoms with Gasteiger partial charge >= 0.3 is 6.09 Å². The summed E-state index contributed by atoms with van der Waals surface area (Å²) in [5, 5.41) is 0. The topological polar surface area (TPSA) is 29.5 Å². The fourth-order valence-corrected chi connectivity index (χ4v) is 1.74. The van der Waals surface area contributed by atoms with Gasteiger partial charge in [-0.2, -0.15) is 0 Å². The molecular weight excluding hydrogens is 190 g/mol. The van der Waals surface area contributed by atoms with Gasteiger partial charge in [0.25, 0.3) is 0 Å². The molecule has 0 spiro atoms. The van der Waals surface area contributed by atoms with Gasteiger partial charge < -0.3 is 9.64 Å². The first-order chi connectivity index (χ1) is 6.94. The largest absolute Gasteiger partial charge is 0.444 e. The van der Waals surface area contributed by atoms with Gasteiger partial charge in [0.05, 0.1) is 0 Å². The Morgan fingerprint density at radius 2 is 2.27 bits per heavy atom. The number of ether oxygens (including phenoxy) is 1. The van der Waals surface area contributed by atoms with Crippen LogP contribution in [0.3, 0.4) is 0 Å². The molecule has 0 bridgehead atoms. The first-order valence-electron chi connectivity index (χ1n) is 5.37. The number of rotatable bonds is 1. The molecule has 84 valence electrons. The van der Waals surface area contributed by atoms with Gasteiger partial charge in [0.2, 0.25) is 0 Å². The molecule has 1 aliphatic heterocycles. The Kier molecular flexibility index (Phi) is 3.62. The smallest absolute Gasteiger partial charge is 0.410 e. The predicted molar refractivity (Wildman–Crippen MR) is 59.4 cm³/mol. The van der Waals surface area contributed by atoms with Crippen molar-refractivity contribution in [2.75, 3.05) is 6.54 Å². The third-order valence-corrected chi connectivity index (χ3v) is 2.36. The molecule has 3 heteroatoms. The molecule has 3 nitrogen and oxygen atoms in total. The van der Waals surface area contributed by atoms with E-state index >= 15 is 0 Å². The normalized spacial score (nSPS) is 21.2. The molecule has 15 heavy (non-hydrogen) atoms. The highest BCUT2D eigenvalue weighted by atomic mass is 16.6. The number of likely N-dealkylation sites (tertiary alicyclic amines) is 1. The van der Waals surface area contributed by atoms with Gasteiger partial charge in [-0.05, 0) is 33.6 Å². The average molecular weight is 209 g/mol. The Bertz CT molecular complexity index is 272. The molecule has 1 unspecified atom stereocenters. The van der Waals surface area contributed by atoms with E-state index in [4.69, 9.17) is 11.2 Å². The summed E-state index contributed by atoms with van der Waals surface area (Å²) in [6.45, 7) is 6.38. The van der Waals surface area contributed by atoms with Gasteiger partial charge in [0.15, 0.2) is 0 Å². The molecule has 1 aliphatic rings. The van der Waals surface area contributed by atoms with Crippen molar-refractivity contribution in [3.63, 3.8) is 0 Å². The van der Waals surface area contributed by atoms with Crippen molar-refractivity contribution in [3.8, 4) is 12.3 Å². The lowest BCUT2D eigenvalue weighted by Gasteiger charge is -2.27. The number of terminal acetylenes is 1. The highest BCUT2D eigenvalue weighted by Gasteiger charge is 2.31. The maximum atomic E-state index is 11.8. The summed E-state index contributed by atoms with van der Waals surface area (Å²) in [6.07, 6.45) is 7.67. The molecular formula is C12H19NO2. The summed E-state index contributed by atoms with van der Waals surface area (Å²) < 4.78 is 5.32. The zero-order chi connectivity index (χ0) is 11.5. The number of hydrogen-bond donors (Lipinski definition) is 0. The standard InChI is InChI=1S/C12H19NO2/c1-5-7-10-8-6-9-13(10)11(14)15-12(2,3)4/h1,10H,6-9H2,2-4H3. The summed E-state index contributed by atoms with van der Waals surface area (Å²) >= 11 is 0. The molecule has 0 aliphatic carbocycles. The molecule has 0 aromatic rings. The van der Waals surface area contributed by atoms with Crippen LogP contribution >= 0.6 is 0 Å². The average Bonchev–Trinajstić information content (AvgIpc) is 2.49. The van der Waals surface area contributed by atoms with Crippen LogP contribution in [0, 0.1) is 12.3 Å². The van der Waals surface area contributed by atoms with Crippen LogP contribution in [0.15, 0.2) is 0 Å². The van der Waals surface area contributed by atoms with Crippen molar-refractivity contribution >= 4 is 6.09 Å². The molecule has 1 saturated heterocycles. The van der Waals surface area contributed by atoms with Crippen molar-refractivity contribution in [3.05, 3.63) is 0 Å². The maximum Gasteiger partial charge on any atom is 0.410 e. The Hall–Kier alpha value is -1.17. The molecule has 1 heterocycles. The SMILES string of the molecule is C#CCC1CCCN1C(=O)OC(C)(C)C. The number of amides is 1. The Labute approximate surface area is 91.8 Å².